The molecule has 3 aromatic rings. The second kappa shape index (κ2) is 9.60. The van der Waals surface area contributed by atoms with Crippen molar-refractivity contribution in [3.63, 3.8) is 0 Å². The quantitative estimate of drug-likeness (QED) is 0.460. The lowest BCUT2D eigenvalue weighted by molar-refractivity contribution is -0.127. The number of Topliss-reactive ketones (excluding diaryl/α,β-unsaturated/α-hetero) is 1. The molecule has 31 heavy (non-hydrogen) atoms. The number of ketones is 1. The number of halogens is 1. The second-order valence-corrected chi connectivity index (χ2v) is 8.83. The number of ether oxygens (including phenoxy) is 1. The number of hydrogen-bond acceptors (Lipinski definition) is 4. The number of methoxy groups -OCH3 is 1. The average molecular weight is 483 g/mol. The van der Waals surface area contributed by atoms with Gasteiger partial charge >= 0.3 is 0 Å². The molecule has 1 heterocycles. The fourth-order valence-corrected chi connectivity index (χ4v) is 3.85. The van der Waals surface area contributed by atoms with Crippen LogP contribution in [-0.2, 0) is 23.2 Å². The van der Waals surface area contributed by atoms with Crippen molar-refractivity contribution in [1.82, 2.24) is 9.78 Å². The van der Waals surface area contributed by atoms with E-state index in [9.17, 15) is 9.59 Å². The average Bonchev–Trinajstić information content (AvgIpc) is 2.77. The maximum atomic E-state index is 13.4. The summed E-state index contributed by atoms with van der Waals surface area (Å²) in [4.78, 5) is 26.7. The van der Waals surface area contributed by atoms with Crippen LogP contribution in [-0.4, -0.2) is 22.7 Å². The molecule has 2 aromatic carbocycles. The molecule has 0 aliphatic heterocycles. The molecule has 1 unspecified atom stereocenters. The largest absolute Gasteiger partial charge is 0.497 e. The van der Waals surface area contributed by atoms with Crippen LogP contribution in [0.2, 0.25) is 0 Å². The van der Waals surface area contributed by atoms with E-state index in [0.717, 1.165) is 21.3 Å². The number of aromatic nitrogens is 2. The molecule has 3 rings (SSSR count). The van der Waals surface area contributed by atoms with E-state index >= 15 is 0 Å². The molecule has 5 nitrogen and oxygen atoms in total. The Labute approximate surface area is 191 Å². The number of nitrogens with zero attached hydrogens (tertiary/aromatic N) is 2. The number of carbonyl (C=O) groups excluding carboxylic acids is 1. The SMILES string of the molecule is CCC(C)(C(=O)Cc1ccc(Br)cc1)n1nc(C)cc(Cc2cccc(OC)c2)c1=O. The van der Waals surface area contributed by atoms with Gasteiger partial charge in [-0.3, -0.25) is 9.59 Å². The number of benzene rings is 2. The highest BCUT2D eigenvalue weighted by molar-refractivity contribution is 9.10. The van der Waals surface area contributed by atoms with Crippen LogP contribution in [0.25, 0.3) is 0 Å². The zero-order valence-electron chi connectivity index (χ0n) is 18.3. The Bertz CT molecular complexity index is 1140. The molecule has 0 aliphatic rings. The Morgan fingerprint density at radius 1 is 1.13 bits per heavy atom. The lowest BCUT2D eigenvalue weighted by Gasteiger charge is -2.29. The van der Waals surface area contributed by atoms with E-state index in [2.05, 4.69) is 21.0 Å². The van der Waals surface area contributed by atoms with Crippen LogP contribution < -0.4 is 10.3 Å². The molecular weight excluding hydrogens is 456 g/mol. The minimum absolute atomic E-state index is 0.0372. The molecule has 0 N–H and O–H groups in total. The first-order chi connectivity index (χ1) is 14.8. The van der Waals surface area contributed by atoms with Crippen LogP contribution >= 0.6 is 15.9 Å². The molecule has 0 radical (unpaired) electrons. The molecule has 0 aliphatic carbocycles. The van der Waals surface area contributed by atoms with E-state index in [1.54, 1.807) is 20.1 Å². The molecule has 0 bridgehead atoms. The highest BCUT2D eigenvalue weighted by Crippen LogP contribution is 2.23. The topological polar surface area (TPSA) is 61.2 Å². The number of aryl methyl sites for hydroxylation is 1. The Balaban J connectivity index is 1.98. The number of hydrogen-bond donors (Lipinski definition) is 0. The fraction of sp³-hybridized carbons (Fsp3) is 0.320. The van der Waals surface area contributed by atoms with Crippen molar-refractivity contribution in [2.75, 3.05) is 7.11 Å². The van der Waals surface area contributed by atoms with E-state index in [-0.39, 0.29) is 17.8 Å². The van der Waals surface area contributed by atoms with Gasteiger partial charge in [0.05, 0.1) is 12.8 Å². The van der Waals surface area contributed by atoms with Crippen molar-refractivity contribution in [1.29, 1.82) is 0 Å². The Hall–Kier alpha value is -2.73. The molecule has 0 spiro atoms. The summed E-state index contributed by atoms with van der Waals surface area (Å²) in [5, 5.41) is 4.48. The van der Waals surface area contributed by atoms with Crippen LogP contribution in [0.3, 0.4) is 0 Å². The third-order valence-electron chi connectivity index (χ3n) is 5.67. The van der Waals surface area contributed by atoms with Gasteiger partial charge in [-0.25, -0.2) is 4.68 Å². The van der Waals surface area contributed by atoms with Crippen molar-refractivity contribution in [3.05, 3.63) is 91.8 Å². The van der Waals surface area contributed by atoms with Crippen LogP contribution in [0.4, 0.5) is 0 Å². The van der Waals surface area contributed by atoms with Gasteiger partial charge in [-0.2, -0.15) is 5.10 Å². The molecule has 0 saturated carbocycles. The molecule has 6 heteroatoms. The van der Waals surface area contributed by atoms with Gasteiger partial charge in [0.2, 0.25) is 0 Å². The first-order valence-corrected chi connectivity index (χ1v) is 11.1. The van der Waals surface area contributed by atoms with Gasteiger partial charge in [-0.15, -0.1) is 0 Å². The first kappa shape index (κ1) is 22.9. The van der Waals surface area contributed by atoms with Crippen molar-refractivity contribution >= 4 is 21.7 Å². The molecule has 1 aromatic heterocycles. The molecule has 162 valence electrons. The Morgan fingerprint density at radius 2 is 1.84 bits per heavy atom. The van der Waals surface area contributed by atoms with Crippen molar-refractivity contribution in [3.8, 4) is 5.75 Å². The zero-order valence-corrected chi connectivity index (χ0v) is 19.9. The molecule has 0 fully saturated rings. The van der Waals surface area contributed by atoms with Gasteiger partial charge in [0, 0.05) is 22.9 Å². The van der Waals surface area contributed by atoms with Crippen molar-refractivity contribution in [2.45, 2.75) is 45.6 Å². The predicted octanol–water partition coefficient (Wildman–Crippen LogP) is 4.85. The molecule has 0 amide bonds. The first-order valence-electron chi connectivity index (χ1n) is 10.3. The van der Waals surface area contributed by atoms with Gasteiger partial charge in [-0.1, -0.05) is 47.1 Å². The van der Waals surface area contributed by atoms with Gasteiger partial charge in [0.15, 0.2) is 5.78 Å². The third-order valence-corrected chi connectivity index (χ3v) is 6.20. The summed E-state index contributed by atoms with van der Waals surface area (Å²) in [7, 11) is 1.62. The van der Waals surface area contributed by atoms with Gasteiger partial charge in [-0.05, 0) is 61.7 Å². The normalized spacial score (nSPS) is 12.9. The number of rotatable bonds is 8. The fourth-order valence-electron chi connectivity index (χ4n) is 3.59. The van der Waals surface area contributed by atoms with E-state index in [1.807, 2.05) is 62.4 Å². The van der Waals surface area contributed by atoms with E-state index in [4.69, 9.17) is 4.74 Å². The Morgan fingerprint density at radius 3 is 2.48 bits per heavy atom. The van der Waals surface area contributed by atoms with Crippen LogP contribution in [0.5, 0.6) is 5.75 Å². The monoisotopic (exact) mass is 482 g/mol. The van der Waals surface area contributed by atoms with E-state index in [1.165, 1.54) is 4.68 Å². The summed E-state index contributed by atoms with van der Waals surface area (Å²) in [6.45, 7) is 5.56. The summed E-state index contributed by atoms with van der Waals surface area (Å²) in [5.41, 5.74) is 1.92. The smallest absolute Gasteiger partial charge is 0.271 e. The highest BCUT2D eigenvalue weighted by atomic mass is 79.9. The number of carbonyl (C=O) groups is 1. The summed E-state index contributed by atoms with van der Waals surface area (Å²) in [6.07, 6.45) is 1.16. The van der Waals surface area contributed by atoms with Gasteiger partial charge in [0.1, 0.15) is 11.3 Å². The summed E-state index contributed by atoms with van der Waals surface area (Å²) >= 11 is 3.41. The lowest BCUT2D eigenvalue weighted by Crippen LogP contribution is -2.48. The van der Waals surface area contributed by atoms with Crippen LogP contribution in [0.15, 0.2) is 63.9 Å². The van der Waals surface area contributed by atoms with Crippen LogP contribution in [0, 0.1) is 6.92 Å². The minimum atomic E-state index is -1.03. The summed E-state index contributed by atoms with van der Waals surface area (Å²) in [5.74, 6) is 0.705. The standard InChI is InChI=1S/C25H27BrN2O3/c1-5-25(3,23(29)16-18-9-11-21(26)12-10-18)28-24(30)20(13-17(2)27-28)14-19-7-6-8-22(15-19)31-4/h6-13,15H,5,14,16H2,1-4H3. The van der Waals surface area contributed by atoms with Crippen molar-refractivity contribution < 1.29 is 9.53 Å². The van der Waals surface area contributed by atoms with Crippen LogP contribution in [0.1, 0.15) is 42.7 Å². The van der Waals surface area contributed by atoms with Crippen molar-refractivity contribution in [2.24, 2.45) is 0 Å². The van der Waals surface area contributed by atoms with E-state index in [0.29, 0.717) is 24.1 Å². The van der Waals surface area contributed by atoms with E-state index < -0.39 is 5.54 Å². The third kappa shape index (κ3) is 5.13. The Kier molecular flexibility index (Phi) is 7.11. The van der Waals surface area contributed by atoms with Gasteiger partial charge in [0.25, 0.3) is 5.56 Å². The van der Waals surface area contributed by atoms with Gasteiger partial charge < -0.3 is 4.74 Å². The minimum Gasteiger partial charge on any atom is -0.497 e. The highest BCUT2D eigenvalue weighted by Gasteiger charge is 2.35. The summed E-state index contributed by atoms with van der Waals surface area (Å²) < 4.78 is 7.64. The lowest BCUT2D eigenvalue weighted by atomic mass is 9.89. The maximum absolute atomic E-state index is 13.4. The second-order valence-electron chi connectivity index (χ2n) is 7.91. The zero-order chi connectivity index (χ0) is 22.6. The molecule has 1 atom stereocenters. The molecule has 0 saturated heterocycles. The maximum Gasteiger partial charge on any atom is 0.271 e. The molecular formula is C25H27BrN2O3. The predicted molar refractivity (Wildman–Crippen MR) is 126 cm³/mol. The summed E-state index contributed by atoms with van der Waals surface area (Å²) in [6, 6.07) is 17.1.